The monoisotopic (exact) mass is 253 g/mol. The van der Waals surface area contributed by atoms with Crippen LogP contribution in [-0.2, 0) is 14.3 Å². The van der Waals surface area contributed by atoms with Gasteiger partial charge < -0.3 is 25.4 Å². The van der Waals surface area contributed by atoms with Crippen molar-refractivity contribution in [1.82, 2.24) is 0 Å². The van der Waals surface area contributed by atoms with Crippen molar-refractivity contribution in [2.24, 2.45) is 5.73 Å². The van der Waals surface area contributed by atoms with Gasteiger partial charge in [0, 0.05) is 5.56 Å². The Kier molecular flexibility index (Phi) is 3.93. The van der Waals surface area contributed by atoms with Gasteiger partial charge in [-0.05, 0) is 5.56 Å². The molecule has 1 aliphatic rings. The first kappa shape index (κ1) is 13.0. The van der Waals surface area contributed by atoms with Crippen LogP contribution in [0.25, 0.3) is 0 Å². The number of aliphatic hydroxyl groups excluding tert-OH is 2. The van der Waals surface area contributed by atoms with E-state index in [0.717, 1.165) is 5.56 Å². The number of carbonyl (C=O) groups excluding carboxylic acids is 1. The first-order valence-electron chi connectivity index (χ1n) is 5.58. The van der Waals surface area contributed by atoms with E-state index in [9.17, 15) is 15.0 Å². The van der Waals surface area contributed by atoms with Gasteiger partial charge in [0.2, 0.25) is 5.91 Å². The molecule has 6 heteroatoms. The number of nitrogens with two attached hydrogens (primary N) is 1. The molecule has 1 aromatic carbocycles. The van der Waals surface area contributed by atoms with Gasteiger partial charge in [-0.1, -0.05) is 24.3 Å². The molecule has 18 heavy (non-hydrogen) atoms. The molecule has 4 N–H and O–H groups in total. The first-order valence-corrected chi connectivity index (χ1v) is 5.58. The van der Waals surface area contributed by atoms with Crippen LogP contribution in [0.1, 0.15) is 23.5 Å². The number of rotatable bonds is 4. The molecule has 0 aromatic heterocycles. The molecule has 98 valence electrons. The molecule has 0 spiro atoms. The second-order valence-corrected chi connectivity index (χ2v) is 4.03. The third-order valence-electron chi connectivity index (χ3n) is 2.76. The predicted octanol–water partition coefficient (Wildman–Crippen LogP) is -0.388. The zero-order chi connectivity index (χ0) is 13.1. The van der Waals surface area contributed by atoms with E-state index in [1.54, 1.807) is 24.3 Å². The Balaban J connectivity index is 2.09. The lowest BCUT2D eigenvalue weighted by molar-refractivity contribution is -0.131. The van der Waals surface area contributed by atoms with E-state index < -0.39 is 24.4 Å². The zero-order valence-corrected chi connectivity index (χ0v) is 9.65. The maximum absolute atomic E-state index is 10.8. The van der Waals surface area contributed by atoms with Gasteiger partial charge >= 0.3 is 0 Å². The minimum atomic E-state index is -1.62. The van der Waals surface area contributed by atoms with Crippen LogP contribution in [-0.4, -0.2) is 35.4 Å². The molecule has 1 amide bonds. The van der Waals surface area contributed by atoms with Crippen molar-refractivity contribution >= 4 is 5.91 Å². The Morgan fingerprint density at radius 2 is 1.78 bits per heavy atom. The second-order valence-electron chi connectivity index (χ2n) is 4.03. The van der Waals surface area contributed by atoms with Crippen LogP contribution in [0.3, 0.4) is 0 Å². The molecule has 1 aromatic rings. The lowest BCUT2D eigenvalue weighted by atomic mass is 10.0. The summed E-state index contributed by atoms with van der Waals surface area (Å²) in [5.74, 6) is -0.964. The van der Waals surface area contributed by atoms with Crippen molar-refractivity contribution < 1.29 is 24.5 Å². The molecule has 1 heterocycles. The molecule has 2 rings (SSSR count). The van der Waals surface area contributed by atoms with E-state index in [-0.39, 0.29) is 0 Å². The molecule has 0 radical (unpaired) electrons. The third kappa shape index (κ3) is 2.68. The Bertz CT molecular complexity index is 413. The largest absolute Gasteiger partial charge is 0.385 e. The zero-order valence-electron chi connectivity index (χ0n) is 9.65. The molecule has 2 unspecified atom stereocenters. The summed E-state index contributed by atoms with van der Waals surface area (Å²) in [7, 11) is 0. The van der Waals surface area contributed by atoms with Crippen LogP contribution < -0.4 is 5.73 Å². The number of benzene rings is 1. The van der Waals surface area contributed by atoms with Crippen LogP contribution in [0.5, 0.6) is 0 Å². The lowest BCUT2D eigenvalue weighted by Gasteiger charge is -2.16. The summed E-state index contributed by atoms with van der Waals surface area (Å²) in [6.45, 7) is 1.10. The van der Waals surface area contributed by atoms with Crippen molar-refractivity contribution in [2.75, 3.05) is 13.2 Å². The smallest absolute Gasteiger partial charge is 0.249 e. The van der Waals surface area contributed by atoms with E-state index >= 15 is 0 Å². The fraction of sp³-hybridized carbons (Fsp3) is 0.417. The van der Waals surface area contributed by atoms with Crippen molar-refractivity contribution in [3.8, 4) is 0 Å². The molecule has 1 saturated heterocycles. The van der Waals surface area contributed by atoms with E-state index in [2.05, 4.69) is 0 Å². The van der Waals surface area contributed by atoms with Crippen LogP contribution in [0.2, 0.25) is 0 Å². The van der Waals surface area contributed by atoms with Crippen molar-refractivity contribution in [3.05, 3.63) is 35.4 Å². The van der Waals surface area contributed by atoms with Crippen LogP contribution in [0.15, 0.2) is 24.3 Å². The van der Waals surface area contributed by atoms with E-state index in [0.29, 0.717) is 18.8 Å². The van der Waals surface area contributed by atoms with Crippen molar-refractivity contribution in [2.45, 2.75) is 18.5 Å². The summed E-state index contributed by atoms with van der Waals surface area (Å²) in [5.41, 5.74) is 6.14. The summed E-state index contributed by atoms with van der Waals surface area (Å²) in [6.07, 6.45) is -3.34. The maximum atomic E-state index is 10.8. The number of hydrogen-bond donors (Lipinski definition) is 3. The van der Waals surface area contributed by atoms with Gasteiger partial charge in [0.1, 0.15) is 6.10 Å². The summed E-state index contributed by atoms with van der Waals surface area (Å²) in [5, 5.41) is 19.1. The van der Waals surface area contributed by atoms with E-state index in [4.69, 9.17) is 15.2 Å². The first-order chi connectivity index (χ1) is 8.59. The fourth-order valence-electron chi connectivity index (χ4n) is 1.74. The number of aliphatic hydroxyl groups is 2. The number of amides is 1. The Hall–Kier alpha value is -1.47. The van der Waals surface area contributed by atoms with Crippen molar-refractivity contribution in [1.29, 1.82) is 0 Å². The minimum Gasteiger partial charge on any atom is -0.385 e. The van der Waals surface area contributed by atoms with Gasteiger partial charge in [-0.25, -0.2) is 0 Å². The Labute approximate surface area is 104 Å². The van der Waals surface area contributed by atoms with Gasteiger partial charge in [-0.2, -0.15) is 0 Å². The van der Waals surface area contributed by atoms with Crippen LogP contribution in [0.4, 0.5) is 0 Å². The highest BCUT2D eigenvalue weighted by atomic mass is 16.7. The molecule has 0 saturated carbocycles. The molecular formula is C12H15NO5. The molecular weight excluding hydrogens is 238 g/mol. The van der Waals surface area contributed by atoms with E-state index in [1.807, 2.05) is 0 Å². The quantitative estimate of drug-likeness (QED) is 0.678. The maximum Gasteiger partial charge on any atom is 0.249 e. The highest BCUT2D eigenvalue weighted by Gasteiger charge is 2.24. The van der Waals surface area contributed by atoms with Gasteiger partial charge in [0.15, 0.2) is 12.4 Å². The summed E-state index contributed by atoms with van der Waals surface area (Å²) in [4.78, 5) is 10.8. The van der Waals surface area contributed by atoms with Crippen molar-refractivity contribution in [3.63, 3.8) is 0 Å². The number of primary amides is 1. The normalized spacial score (nSPS) is 19.7. The number of carbonyl (C=O) groups is 1. The fourth-order valence-corrected chi connectivity index (χ4v) is 1.74. The van der Waals surface area contributed by atoms with E-state index in [1.165, 1.54) is 0 Å². The minimum absolute atomic E-state index is 0.391. The average Bonchev–Trinajstić information content (AvgIpc) is 2.91. The standard InChI is InChI=1S/C12H15NO5/c13-11(16)10(15)9(14)7-1-3-8(4-2-7)12-17-5-6-18-12/h1-4,9-10,12,14-15H,5-6H2,(H2,13,16). The summed E-state index contributed by atoms with van der Waals surface area (Å²) < 4.78 is 10.6. The molecule has 1 aliphatic heterocycles. The van der Waals surface area contributed by atoms with Crippen LogP contribution in [0, 0.1) is 0 Å². The predicted molar refractivity (Wildman–Crippen MR) is 61.2 cm³/mol. The van der Waals surface area contributed by atoms with Gasteiger partial charge in [-0.3, -0.25) is 4.79 Å². The Morgan fingerprint density at radius 1 is 1.22 bits per heavy atom. The molecule has 1 fully saturated rings. The average molecular weight is 253 g/mol. The topological polar surface area (TPSA) is 102 Å². The summed E-state index contributed by atoms with van der Waals surface area (Å²) in [6, 6.07) is 6.61. The van der Waals surface area contributed by atoms with Crippen LogP contribution >= 0.6 is 0 Å². The lowest BCUT2D eigenvalue weighted by Crippen LogP contribution is -2.33. The number of hydrogen-bond acceptors (Lipinski definition) is 5. The third-order valence-corrected chi connectivity index (χ3v) is 2.76. The van der Waals surface area contributed by atoms with Gasteiger partial charge in [0.05, 0.1) is 13.2 Å². The Morgan fingerprint density at radius 3 is 2.28 bits per heavy atom. The molecule has 2 atom stereocenters. The molecule has 6 nitrogen and oxygen atoms in total. The summed E-state index contributed by atoms with van der Waals surface area (Å²) >= 11 is 0. The molecule has 0 bridgehead atoms. The SMILES string of the molecule is NC(=O)C(O)C(O)c1ccc(C2OCCO2)cc1. The highest BCUT2D eigenvalue weighted by Crippen LogP contribution is 2.25. The second kappa shape index (κ2) is 5.45. The highest BCUT2D eigenvalue weighted by molar-refractivity contribution is 5.79. The molecule has 0 aliphatic carbocycles. The van der Waals surface area contributed by atoms with Gasteiger partial charge in [-0.15, -0.1) is 0 Å². The van der Waals surface area contributed by atoms with Gasteiger partial charge in [0.25, 0.3) is 0 Å². The number of ether oxygens (including phenoxy) is 2.